The molecule has 170 valence electrons. The van der Waals surface area contributed by atoms with Crippen molar-refractivity contribution < 1.29 is 14.6 Å². The van der Waals surface area contributed by atoms with Crippen molar-refractivity contribution in [1.82, 2.24) is 15.3 Å². The first-order valence-electron chi connectivity index (χ1n) is 11.2. The number of carbonyl (C=O) groups is 1. The number of ether oxygens (including phenoxy) is 1. The van der Waals surface area contributed by atoms with Crippen LogP contribution in [0.1, 0.15) is 15.9 Å². The van der Waals surface area contributed by atoms with E-state index >= 15 is 0 Å². The maximum Gasteiger partial charge on any atom is 0.252 e. The zero-order valence-corrected chi connectivity index (χ0v) is 18.8. The van der Waals surface area contributed by atoms with E-state index < -0.39 is 6.04 Å². The lowest BCUT2D eigenvalue weighted by Crippen LogP contribution is -2.39. The lowest BCUT2D eigenvalue weighted by molar-refractivity contribution is 0.0918. The second-order valence-corrected chi connectivity index (χ2v) is 8.22. The van der Waals surface area contributed by atoms with Crippen molar-refractivity contribution in [2.24, 2.45) is 0 Å². The van der Waals surface area contributed by atoms with Gasteiger partial charge in [-0.3, -0.25) is 4.79 Å². The summed E-state index contributed by atoms with van der Waals surface area (Å²) in [5.41, 5.74) is 4.92. The molecule has 6 nitrogen and oxygen atoms in total. The first-order chi connectivity index (χ1) is 16.7. The van der Waals surface area contributed by atoms with Crippen molar-refractivity contribution in [3.63, 3.8) is 0 Å². The Morgan fingerprint density at radius 1 is 1.03 bits per heavy atom. The summed E-state index contributed by atoms with van der Waals surface area (Å²) in [6.45, 7) is -0.167. The minimum atomic E-state index is -0.428. The number of aromatic amines is 1. The molecule has 5 rings (SSSR count). The summed E-state index contributed by atoms with van der Waals surface area (Å²) < 4.78 is 5.25. The number of aliphatic hydroxyl groups excluding tert-OH is 1. The Balaban J connectivity index is 1.46. The van der Waals surface area contributed by atoms with Gasteiger partial charge in [0.05, 0.1) is 36.5 Å². The standard InChI is InChI=1S/C28H25N3O3/c1-34-21-12-10-18(11-13-21)27-15-24(23-7-3-5-9-26(23)31-27)28(33)30-20(17-32)14-19-16-29-25-8-4-2-6-22(19)25/h2-13,15-16,20,29,32H,14,17H2,1H3,(H,30,33)/t20-/m1/s1. The van der Waals surface area contributed by atoms with Gasteiger partial charge < -0.3 is 20.1 Å². The molecule has 1 amide bonds. The van der Waals surface area contributed by atoms with E-state index in [1.54, 1.807) is 13.2 Å². The number of rotatable bonds is 7. The fraction of sp³-hybridized carbons (Fsp3) is 0.143. The number of H-pyrrole nitrogens is 1. The number of benzene rings is 3. The van der Waals surface area contributed by atoms with Gasteiger partial charge >= 0.3 is 0 Å². The van der Waals surface area contributed by atoms with Crippen LogP contribution in [-0.4, -0.2) is 40.7 Å². The van der Waals surface area contributed by atoms with Gasteiger partial charge in [0.25, 0.3) is 5.91 Å². The van der Waals surface area contributed by atoms with Crippen molar-refractivity contribution in [3.8, 4) is 17.0 Å². The highest BCUT2D eigenvalue weighted by Crippen LogP contribution is 2.27. The first-order valence-corrected chi connectivity index (χ1v) is 11.2. The third-order valence-electron chi connectivity index (χ3n) is 6.04. The van der Waals surface area contributed by atoms with Crippen LogP contribution in [0.4, 0.5) is 0 Å². The molecule has 1 atom stereocenters. The Hall–Kier alpha value is -4.16. The smallest absolute Gasteiger partial charge is 0.252 e. The van der Waals surface area contributed by atoms with Crippen molar-refractivity contribution >= 4 is 27.7 Å². The summed E-state index contributed by atoms with van der Waals surface area (Å²) in [6.07, 6.45) is 2.45. The van der Waals surface area contributed by atoms with E-state index in [-0.39, 0.29) is 12.5 Å². The number of aliphatic hydroxyl groups is 1. The van der Waals surface area contributed by atoms with E-state index in [0.717, 1.165) is 38.7 Å². The van der Waals surface area contributed by atoms with Crippen LogP contribution in [0.3, 0.4) is 0 Å². The van der Waals surface area contributed by atoms with Gasteiger partial charge in [-0.25, -0.2) is 4.98 Å². The Kier molecular flexibility index (Phi) is 5.97. The molecule has 34 heavy (non-hydrogen) atoms. The summed E-state index contributed by atoms with van der Waals surface area (Å²) in [6, 6.07) is 24.6. The van der Waals surface area contributed by atoms with Crippen LogP contribution < -0.4 is 10.1 Å². The van der Waals surface area contributed by atoms with Crippen LogP contribution in [-0.2, 0) is 6.42 Å². The molecule has 0 fully saturated rings. The minimum Gasteiger partial charge on any atom is -0.497 e. The summed E-state index contributed by atoms with van der Waals surface area (Å²) in [5, 5.41) is 14.9. The Morgan fingerprint density at radius 3 is 2.53 bits per heavy atom. The molecule has 6 heteroatoms. The van der Waals surface area contributed by atoms with Crippen LogP contribution in [0, 0.1) is 0 Å². The predicted molar refractivity (Wildman–Crippen MR) is 134 cm³/mol. The highest BCUT2D eigenvalue weighted by molar-refractivity contribution is 6.07. The first kappa shape index (κ1) is 21.7. The van der Waals surface area contributed by atoms with Crippen molar-refractivity contribution in [2.45, 2.75) is 12.5 Å². The molecule has 2 heterocycles. The number of amides is 1. The number of aromatic nitrogens is 2. The molecule has 0 unspecified atom stereocenters. The van der Waals surface area contributed by atoms with Gasteiger partial charge in [0.2, 0.25) is 0 Å². The van der Waals surface area contributed by atoms with Gasteiger partial charge in [0, 0.05) is 28.0 Å². The van der Waals surface area contributed by atoms with Gasteiger partial charge in [-0.05, 0) is 54.4 Å². The van der Waals surface area contributed by atoms with E-state index in [1.165, 1.54) is 0 Å². The number of hydrogen-bond donors (Lipinski definition) is 3. The van der Waals surface area contributed by atoms with Crippen LogP contribution in [0.25, 0.3) is 33.1 Å². The maximum atomic E-state index is 13.4. The number of carbonyl (C=O) groups excluding carboxylic acids is 1. The SMILES string of the molecule is COc1ccc(-c2cc(C(=O)N[C@@H](CO)Cc3c[nH]c4ccccc34)c3ccccc3n2)cc1. The number of pyridine rings is 1. The minimum absolute atomic E-state index is 0.167. The molecule has 3 N–H and O–H groups in total. The second kappa shape index (κ2) is 9.37. The van der Waals surface area contributed by atoms with Crippen LogP contribution in [0.15, 0.2) is 85.1 Å². The topological polar surface area (TPSA) is 87.2 Å². The molecule has 0 spiro atoms. The molecule has 2 aromatic heterocycles. The molecule has 0 bridgehead atoms. The lowest BCUT2D eigenvalue weighted by Gasteiger charge is -2.17. The average Bonchev–Trinajstić information content (AvgIpc) is 3.30. The molecule has 0 aliphatic rings. The molecular weight excluding hydrogens is 426 g/mol. The van der Waals surface area contributed by atoms with E-state index in [4.69, 9.17) is 9.72 Å². The molecule has 0 aliphatic carbocycles. The highest BCUT2D eigenvalue weighted by Gasteiger charge is 2.19. The normalized spacial score (nSPS) is 12.1. The quantitative estimate of drug-likeness (QED) is 0.334. The van der Waals surface area contributed by atoms with E-state index in [0.29, 0.717) is 17.7 Å². The van der Waals surface area contributed by atoms with E-state index in [1.807, 2.05) is 79.0 Å². The van der Waals surface area contributed by atoms with Crippen molar-refractivity contribution in [3.05, 3.63) is 96.2 Å². The van der Waals surface area contributed by atoms with Crippen molar-refractivity contribution in [1.29, 1.82) is 0 Å². The molecule has 0 radical (unpaired) electrons. The lowest BCUT2D eigenvalue weighted by atomic mass is 10.0. The third-order valence-corrected chi connectivity index (χ3v) is 6.04. The Morgan fingerprint density at radius 2 is 1.76 bits per heavy atom. The largest absolute Gasteiger partial charge is 0.497 e. The number of methoxy groups -OCH3 is 1. The van der Waals surface area contributed by atoms with Crippen LogP contribution in [0.2, 0.25) is 0 Å². The zero-order chi connectivity index (χ0) is 23.5. The van der Waals surface area contributed by atoms with Gasteiger partial charge in [0.15, 0.2) is 0 Å². The summed E-state index contributed by atoms with van der Waals surface area (Å²) in [4.78, 5) is 21.4. The third kappa shape index (κ3) is 4.23. The number of nitrogens with one attached hydrogen (secondary N) is 2. The monoisotopic (exact) mass is 451 g/mol. The van der Waals surface area contributed by atoms with Gasteiger partial charge in [-0.1, -0.05) is 36.4 Å². The molecule has 5 aromatic rings. The van der Waals surface area contributed by atoms with E-state index in [9.17, 15) is 9.90 Å². The van der Waals surface area contributed by atoms with Gasteiger partial charge in [-0.2, -0.15) is 0 Å². The Bertz CT molecular complexity index is 1460. The average molecular weight is 452 g/mol. The molecule has 3 aromatic carbocycles. The molecule has 0 saturated carbocycles. The second-order valence-electron chi connectivity index (χ2n) is 8.22. The van der Waals surface area contributed by atoms with Crippen molar-refractivity contribution in [2.75, 3.05) is 13.7 Å². The zero-order valence-electron chi connectivity index (χ0n) is 18.8. The van der Waals surface area contributed by atoms with Gasteiger partial charge in [0.1, 0.15) is 5.75 Å². The number of para-hydroxylation sites is 2. The molecular formula is C28H25N3O3. The number of fused-ring (bicyclic) bond motifs is 2. The fourth-order valence-corrected chi connectivity index (χ4v) is 4.26. The van der Waals surface area contributed by atoms with Gasteiger partial charge in [-0.15, -0.1) is 0 Å². The summed E-state index contributed by atoms with van der Waals surface area (Å²) in [7, 11) is 1.62. The summed E-state index contributed by atoms with van der Waals surface area (Å²) in [5.74, 6) is 0.512. The van der Waals surface area contributed by atoms with E-state index in [2.05, 4.69) is 10.3 Å². The maximum absolute atomic E-state index is 13.4. The number of hydrogen-bond acceptors (Lipinski definition) is 4. The molecule has 0 aliphatic heterocycles. The Labute approximate surface area is 197 Å². The van der Waals surface area contributed by atoms with Crippen LogP contribution in [0.5, 0.6) is 5.75 Å². The van der Waals surface area contributed by atoms with Crippen LogP contribution >= 0.6 is 0 Å². The fourth-order valence-electron chi connectivity index (χ4n) is 4.26. The highest BCUT2D eigenvalue weighted by atomic mass is 16.5. The predicted octanol–water partition coefficient (Wildman–Crippen LogP) is 4.73. The molecule has 0 saturated heterocycles. The number of nitrogens with zero attached hydrogens (tertiary/aromatic N) is 1. The summed E-state index contributed by atoms with van der Waals surface area (Å²) >= 11 is 0.